The fourth-order valence-corrected chi connectivity index (χ4v) is 8.15. The number of amides is 11. The molecule has 0 aromatic carbocycles. The number of primary amides is 1. The van der Waals surface area contributed by atoms with Gasteiger partial charge in [-0.2, -0.15) is 4.91 Å². The molecule has 2 rings (SSSR count). The predicted octanol–water partition coefficient (Wildman–Crippen LogP) is -4.73. The summed E-state index contributed by atoms with van der Waals surface area (Å²) in [4.78, 5) is 155. The third-order valence-corrected chi connectivity index (χ3v) is 12.0. The quantitative estimate of drug-likeness (QED) is 0.0207. The number of carbonyl (C=O) groups excluding carboxylic acids is 11. The van der Waals surface area contributed by atoms with Crippen molar-refractivity contribution in [3.63, 3.8) is 0 Å². The van der Waals surface area contributed by atoms with Crippen LogP contribution in [0.1, 0.15) is 105 Å². The minimum atomic E-state index is -1.25. The monoisotopic (exact) mass is 1070 g/mol. The van der Waals surface area contributed by atoms with Crippen LogP contribution < -0.4 is 64.6 Å². The van der Waals surface area contributed by atoms with Crippen LogP contribution in [-0.2, 0) is 57.5 Å². The number of aliphatic hydroxyl groups is 1. The second-order valence-corrected chi connectivity index (χ2v) is 19.5. The molecule has 0 saturated carbocycles. The van der Waals surface area contributed by atoms with Gasteiger partial charge in [0, 0.05) is 26.1 Å². The zero-order chi connectivity index (χ0) is 56.0. The first-order valence-electron chi connectivity index (χ1n) is 25.7. The lowest BCUT2D eigenvalue weighted by Gasteiger charge is -2.27. The van der Waals surface area contributed by atoms with E-state index in [9.17, 15) is 62.8 Å². The standard InChI is InChI=1S/C47H82N14O14/c1-27(2)20-34(60-45(71)32(11-8-13-37(49)63)57-38(64)24-52-43(69)33-22-30(62)23-51-33)44(70)53-25-39(65)58-35(21-28(3)4)46(72)56-29(5)41(67)54-26-40(66)61-17-9-12-36(61)47(73)59-31(10-6-7-14-48)42(68)50-15-18-75-19-16-55-74/h27-36,51,62H,6-26,48H2,1-5H3,(H2,49,63)(H,50,68)(H,52,69)(H,53,70)(H,54,67)(H,56,72)(H,57,64)(H,58,65)(H,59,73)(H,60,71)/t29-,30+,31-,32-,33-,34-,35-,36-/m0/s1. The minimum absolute atomic E-state index is 0.0265. The van der Waals surface area contributed by atoms with Crippen molar-refractivity contribution in [2.24, 2.45) is 28.5 Å². The van der Waals surface area contributed by atoms with Gasteiger partial charge in [0.15, 0.2) is 0 Å². The van der Waals surface area contributed by atoms with Gasteiger partial charge < -0.3 is 79.4 Å². The number of aliphatic hydroxyl groups excluding tert-OH is 1. The Labute approximate surface area is 437 Å². The number of hydrogen-bond donors (Lipinski definition) is 13. The van der Waals surface area contributed by atoms with Gasteiger partial charge in [-0.1, -0.05) is 32.9 Å². The van der Waals surface area contributed by atoms with Crippen LogP contribution >= 0.6 is 0 Å². The van der Waals surface area contributed by atoms with Crippen molar-refractivity contribution in [3.8, 4) is 0 Å². The van der Waals surface area contributed by atoms with Gasteiger partial charge in [0.2, 0.25) is 65.0 Å². The zero-order valence-electron chi connectivity index (χ0n) is 43.9. The molecule has 0 spiro atoms. The highest BCUT2D eigenvalue weighted by Crippen LogP contribution is 2.18. The lowest BCUT2D eigenvalue weighted by atomic mass is 10.0. The van der Waals surface area contributed by atoms with Crippen molar-refractivity contribution in [1.82, 2.24) is 58.1 Å². The largest absolute Gasteiger partial charge is 0.392 e. The number of unbranched alkanes of at least 4 members (excludes halogenated alkanes) is 1. The van der Waals surface area contributed by atoms with E-state index in [4.69, 9.17) is 16.2 Å². The van der Waals surface area contributed by atoms with E-state index in [0.29, 0.717) is 32.2 Å². The smallest absolute Gasteiger partial charge is 0.243 e. The van der Waals surface area contributed by atoms with Crippen LogP contribution in [0.25, 0.3) is 0 Å². The summed E-state index contributed by atoms with van der Waals surface area (Å²) in [5.41, 5.74) is 10.9. The third kappa shape index (κ3) is 25.6. The van der Waals surface area contributed by atoms with Gasteiger partial charge >= 0.3 is 0 Å². The third-order valence-electron chi connectivity index (χ3n) is 12.0. The Morgan fingerprint density at radius 2 is 1.27 bits per heavy atom. The van der Waals surface area contributed by atoms with Crippen LogP contribution in [0.2, 0.25) is 0 Å². The second kappa shape index (κ2) is 35.0. The molecule has 0 aromatic rings. The molecule has 28 nitrogen and oxygen atoms in total. The maximum Gasteiger partial charge on any atom is 0.243 e. The lowest BCUT2D eigenvalue weighted by Crippen LogP contribution is -2.57. The van der Waals surface area contributed by atoms with Gasteiger partial charge in [0.25, 0.3) is 0 Å². The zero-order valence-corrected chi connectivity index (χ0v) is 43.9. The molecule has 0 radical (unpaired) electrons. The maximum absolute atomic E-state index is 13.6. The van der Waals surface area contributed by atoms with Crippen molar-refractivity contribution < 1.29 is 62.6 Å². The minimum Gasteiger partial charge on any atom is -0.392 e. The molecule has 28 heteroatoms. The summed E-state index contributed by atoms with van der Waals surface area (Å²) in [7, 11) is 0. The molecule has 11 amide bonds. The van der Waals surface area contributed by atoms with E-state index in [1.165, 1.54) is 11.8 Å². The Balaban J connectivity index is 1.99. The highest BCUT2D eigenvalue weighted by atomic mass is 16.5. The number of likely N-dealkylation sites (tertiary alicyclic amines) is 1. The molecular formula is C47H82N14O14. The normalized spacial score (nSPS) is 18.1. The molecule has 0 aromatic heterocycles. The van der Waals surface area contributed by atoms with Crippen LogP contribution in [0.15, 0.2) is 5.18 Å². The van der Waals surface area contributed by atoms with E-state index in [1.54, 1.807) is 27.7 Å². The van der Waals surface area contributed by atoms with E-state index in [1.807, 2.05) is 0 Å². The van der Waals surface area contributed by atoms with Gasteiger partial charge in [-0.25, -0.2) is 0 Å². The van der Waals surface area contributed by atoms with E-state index in [2.05, 4.69) is 58.3 Å². The molecule has 2 aliphatic rings. The first kappa shape index (κ1) is 64.7. The summed E-state index contributed by atoms with van der Waals surface area (Å²) in [6, 6.07) is -7.35. The molecule has 424 valence electrons. The number of ether oxygens (including phenoxy) is 1. The van der Waals surface area contributed by atoms with Crippen molar-refractivity contribution in [3.05, 3.63) is 4.91 Å². The number of rotatable bonds is 36. The predicted molar refractivity (Wildman–Crippen MR) is 271 cm³/mol. The van der Waals surface area contributed by atoms with Crippen molar-refractivity contribution in [1.29, 1.82) is 0 Å². The van der Waals surface area contributed by atoms with Crippen molar-refractivity contribution in [2.75, 3.05) is 65.6 Å². The Morgan fingerprint density at radius 1 is 0.680 bits per heavy atom. The maximum atomic E-state index is 13.6. The molecule has 75 heavy (non-hydrogen) atoms. The number of nitrogens with one attached hydrogen (secondary N) is 10. The molecule has 2 saturated heterocycles. The number of nitroso groups, excluding NO2 is 1. The van der Waals surface area contributed by atoms with Crippen molar-refractivity contribution >= 4 is 65.0 Å². The summed E-state index contributed by atoms with van der Waals surface area (Å²) < 4.78 is 5.22. The Kier molecular flexibility index (Phi) is 30.2. The van der Waals surface area contributed by atoms with Crippen LogP contribution in [0.5, 0.6) is 0 Å². The Hall–Kier alpha value is -6.39. The van der Waals surface area contributed by atoms with E-state index in [-0.39, 0.29) is 96.2 Å². The first-order chi connectivity index (χ1) is 35.6. The summed E-state index contributed by atoms with van der Waals surface area (Å²) >= 11 is 0. The van der Waals surface area contributed by atoms with Crippen LogP contribution in [0.3, 0.4) is 0 Å². The Bertz CT molecular complexity index is 1940. The van der Waals surface area contributed by atoms with E-state index < -0.39 is 133 Å². The number of nitrogens with two attached hydrogens (primary N) is 2. The molecule has 8 atom stereocenters. The first-order valence-corrected chi connectivity index (χ1v) is 25.7. The Morgan fingerprint density at radius 3 is 1.88 bits per heavy atom. The average Bonchev–Trinajstić information content (AvgIpc) is 4.03. The highest BCUT2D eigenvalue weighted by molar-refractivity contribution is 5.97. The van der Waals surface area contributed by atoms with Crippen LogP contribution in [-0.4, -0.2) is 189 Å². The molecule has 2 aliphatic heterocycles. The van der Waals surface area contributed by atoms with Gasteiger partial charge in [0.1, 0.15) is 42.8 Å². The van der Waals surface area contributed by atoms with Gasteiger partial charge in [-0.05, 0) is 89.5 Å². The summed E-state index contributed by atoms with van der Waals surface area (Å²) in [5, 5.41) is 38.3. The number of hydrogen-bond acceptors (Lipinski definition) is 17. The fraction of sp³-hybridized carbons (Fsp3) is 0.766. The molecule has 15 N–H and O–H groups in total. The summed E-state index contributed by atoms with van der Waals surface area (Å²) in [6.45, 7) is 8.07. The van der Waals surface area contributed by atoms with Gasteiger partial charge in [-0.15, -0.1) is 0 Å². The molecule has 0 unspecified atom stereocenters. The van der Waals surface area contributed by atoms with E-state index >= 15 is 0 Å². The van der Waals surface area contributed by atoms with Crippen LogP contribution in [0.4, 0.5) is 0 Å². The number of nitrogens with zero attached hydrogens (tertiary/aromatic N) is 2. The lowest BCUT2D eigenvalue weighted by molar-refractivity contribution is -0.140. The second-order valence-electron chi connectivity index (χ2n) is 19.5. The summed E-state index contributed by atoms with van der Waals surface area (Å²) in [6.07, 6.45) is 1.88. The summed E-state index contributed by atoms with van der Waals surface area (Å²) in [5.74, 6) is -7.53. The van der Waals surface area contributed by atoms with Gasteiger partial charge in [0.05, 0.1) is 45.0 Å². The van der Waals surface area contributed by atoms with Gasteiger partial charge in [-0.3, -0.25) is 52.7 Å². The number of β-amino-alcohol motifs (C(OH)–C–C–N with tert-alkyl or cyclic N) is 1. The topological polar surface area (TPSA) is 422 Å². The highest BCUT2D eigenvalue weighted by Gasteiger charge is 2.37. The SMILES string of the molecule is CC(C)C[C@H](NC(=O)CNC(=O)[C@H](CC(C)C)NC(=O)[C@H](CCCC(N)=O)NC(=O)CNC(=O)[C@@H]1C[C@@H](O)CN1)C(=O)N[C@@H](C)C(=O)NCC(=O)N1CCC[C@H]1C(=O)N[C@@H](CCCCN)C(=O)NCCOCCN=O. The molecule has 2 heterocycles. The molecular weight excluding hydrogens is 985 g/mol. The van der Waals surface area contributed by atoms with Crippen molar-refractivity contribution in [2.45, 2.75) is 154 Å². The molecule has 0 bridgehead atoms. The molecule has 2 fully saturated rings. The van der Waals surface area contributed by atoms with Crippen LogP contribution in [0, 0.1) is 16.7 Å². The van der Waals surface area contributed by atoms with E-state index in [0.717, 1.165) is 0 Å². The number of carbonyl (C=O) groups is 11. The fourth-order valence-electron chi connectivity index (χ4n) is 8.15. The molecule has 0 aliphatic carbocycles. The average molecular weight is 1070 g/mol.